The summed E-state index contributed by atoms with van der Waals surface area (Å²) < 4.78 is 0. The van der Waals surface area contributed by atoms with Crippen molar-refractivity contribution in [1.82, 2.24) is 0 Å². The summed E-state index contributed by atoms with van der Waals surface area (Å²) in [5.74, 6) is 0.343. The van der Waals surface area contributed by atoms with Gasteiger partial charge in [-0.15, -0.1) is 11.8 Å². The Morgan fingerprint density at radius 3 is 2.60 bits per heavy atom. The van der Waals surface area contributed by atoms with Crippen LogP contribution in [-0.4, -0.2) is 12.0 Å². The maximum Gasteiger partial charge on any atom is 0.159 e. The highest BCUT2D eigenvalue weighted by molar-refractivity contribution is 8.02. The molecule has 0 spiro atoms. The van der Waals surface area contributed by atoms with Gasteiger partial charge in [0.15, 0.2) is 5.78 Å². The SMILES string of the molecule is CSC1=C(C)C(=O)CCC1. The van der Waals surface area contributed by atoms with Crippen LogP contribution in [-0.2, 0) is 4.79 Å². The topological polar surface area (TPSA) is 17.1 Å². The minimum atomic E-state index is 0.343. The number of thioether (sulfide) groups is 1. The molecule has 0 amide bonds. The lowest BCUT2D eigenvalue weighted by Crippen LogP contribution is -2.07. The summed E-state index contributed by atoms with van der Waals surface area (Å²) in [4.78, 5) is 12.4. The van der Waals surface area contributed by atoms with Crippen LogP contribution in [0.3, 0.4) is 0 Å². The summed E-state index contributed by atoms with van der Waals surface area (Å²) in [6.45, 7) is 1.94. The number of ketones is 1. The Kier molecular flexibility index (Phi) is 2.55. The fourth-order valence-electron chi connectivity index (χ4n) is 1.20. The summed E-state index contributed by atoms with van der Waals surface area (Å²) in [5, 5.41) is 0. The van der Waals surface area contributed by atoms with Crippen LogP contribution in [0.5, 0.6) is 0 Å². The van der Waals surface area contributed by atoms with E-state index in [0.29, 0.717) is 5.78 Å². The van der Waals surface area contributed by atoms with E-state index in [9.17, 15) is 4.79 Å². The van der Waals surface area contributed by atoms with Crippen LogP contribution >= 0.6 is 11.8 Å². The van der Waals surface area contributed by atoms with Gasteiger partial charge in [-0.05, 0) is 30.9 Å². The van der Waals surface area contributed by atoms with Crippen LogP contribution in [0, 0.1) is 0 Å². The zero-order valence-corrected chi connectivity index (χ0v) is 7.25. The first-order valence-electron chi connectivity index (χ1n) is 3.52. The largest absolute Gasteiger partial charge is 0.295 e. The highest BCUT2D eigenvalue weighted by atomic mass is 32.2. The predicted octanol–water partition coefficient (Wildman–Crippen LogP) is 2.38. The molecule has 1 rings (SSSR count). The van der Waals surface area contributed by atoms with E-state index in [1.54, 1.807) is 11.8 Å². The standard InChI is InChI=1S/C8H12OS/c1-6-7(9)4-3-5-8(6)10-2/h3-5H2,1-2H3. The molecule has 0 aromatic carbocycles. The monoisotopic (exact) mass is 156 g/mol. The van der Waals surface area contributed by atoms with Crippen molar-refractivity contribution in [2.75, 3.05) is 6.26 Å². The summed E-state index contributed by atoms with van der Waals surface area (Å²) >= 11 is 1.72. The van der Waals surface area contributed by atoms with Crippen LogP contribution in [0.1, 0.15) is 26.2 Å². The van der Waals surface area contributed by atoms with Crippen LogP contribution in [0.4, 0.5) is 0 Å². The van der Waals surface area contributed by atoms with Gasteiger partial charge in [0, 0.05) is 12.0 Å². The van der Waals surface area contributed by atoms with Gasteiger partial charge in [0.2, 0.25) is 0 Å². The van der Waals surface area contributed by atoms with E-state index in [2.05, 4.69) is 0 Å². The zero-order chi connectivity index (χ0) is 7.56. The highest BCUT2D eigenvalue weighted by Crippen LogP contribution is 2.28. The number of rotatable bonds is 1. The third kappa shape index (κ3) is 1.43. The Morgan fingerprint density at radius 2 is 2.10 bits per heavy atom. The zero-order valence-electron chi connectivity index (χ0n) is 6.44. The molecule has 0 saturated carbocycles. The molecule has 0 radical (unpaired) electrons. The summed E-state index contributed by atoms with van der Waals surface area (Å²) in [6, 6.07) is 0. The lowest BCUT2D eigenvalue weighted by Gasteiger charge is -2.13. The van der Waals surface area contributed by atoms with Crippen molar-refractivity contribution < 1.29 is 4.79 Å². The molecule has 10 heavy (non-hydrogen) atoms. The highest BCUT2D eigenvalue weighted by Gasteiger charge is 2.15. The van der Waals surface area contributed by atoms with E-state index in [1.807, 2.05) is 13.2 Å². The smallest absolute Gasteiger partial charge is 0.159 e. The molecule has 0 atom stereocenters. The van der Waals surface area contributed by atoms with Crippen LogP contribution in [0.15, 0.2) is 10.5 Å². The van der Waals surface area contributed by atoms with E-state index in [0.717, 1.165) is 24.8 Å². The van der Waals surface area contributed by atoms with E-state index in [4.69, 9.17) is 0 Å². The third-order valence-electron chi connectivity index (χ3n) is 1.89. The fraction of sp³-hybridized carbons (Fsp3) is 0.625. The first kappa shape index (κ1) is 7.86. The quantitative estimate of drug-likeness (QED) is 0.579. The number of hydrogen-bond donors (Lipinski definition) is 0. The molecule has 0 fully saturated rings. The number of allylic oxidation sites excluding steroid dienone is 2. The van der Waals surface area contributed by atoms with Gasteiger partial charge < -0.3 is 0 Å². The summed E-state index contributed by atoms with van der Waals surface area (Å²) in [6.07, 6.45) is 4.96. The van der Waals surface area contributed by atoms with Crippen molar-refractivity contribution in [3.63, 3.8) is 0 Å². The van der Waals surface area contributed by atoms with Crippen LogP contribution in [0.25, 0.3) is 0 Å². The fourth-order valence-corrected chi connectivity index (χ4v) is 1.96. The number of carbonyl (C=O) groups excluding carboxylic acids is 1. The minimum absolute atomic E-state index is 0.343. The van der Waals surface area contributed by atoms with Gasteiger partial charge in [0.1, 0.15) is 0 Å². The Bertz CT molecular complexity index is 182. The van der Waals surface area contributed by atoms with E-state index in [-0.39, 0.29) is 0 Å². The molecular weight excluding hydrogens is 144 g/mol. The Morgan fingerprint density at radius 1 is 1.40 bits per heavy atom. The van der Waals surface area contributed by atoms with Gasteiger partial charge in [-0.3, -0.25) is 4.79 Å². The molecule has 0 aromatic heterocycles. The molecule has 1 aliphatic rings. The lowest BCUT2D eigenvalue weighted by atomic mass is 9.99. The van der Waals surface area contributed by atoms with Gasteiger partial charge in [-0.25, -0.2) is 0 Å². The molecule has 0 aromatic rings. The van der Waals surface area contributed by atoms with Crippen LogP contribution < -0.4 is 0 Å². The van der Waals surface area contributed by atoms with Gasteiger partial charge in [-0.2, -0.15) is 0 Å². The third-order valence-corrected chi connectivity index (χ3v) is 2.89. The summed E-state index contributed by atoms with van der Waals surface area (Å²) in [5.41, 5.74) is 0.999. The first-order chi connectivity index (χ1) is 4.75. The molecule has 0 unspecified atom stereocenters. The molecule has 0 bridgehead atoms. The molecule has 1 aliphatic carbocycles. The molecule has 2 heteroatoms. The average Bonchev–Trinajstić information content (AvgIpc) is 1.95. The van der Waals surface area contributed by atoms with Crippen molar-refractivity contribution in [3.05, 3.63) is 10.5 Å². The normalized spacial score (nSPS) is 20.0. The Labute approximate surface area is 65.9 Å². The van der Waals surface area contributed by atoms with Crippen molar-refractivity contribution >= 4 is 17.5 Å². The molecule has 56 valence electrons. The van der Waals surface area contributed by atoms with Gasteiger partial charge >= 0.3 is 0 Å². The van der Waals surface area contributed by atoms with Crippen molar-refractivity contribution in [3.8, 4) is 0 Å². The predicted molar refractivity (Wildman–Crippen MR) is 45.1 cm³/mol. The average molecular weight is 156 g/mol. The van der Waals surface area contributed by atoms with E-state index < -0.39 is 0 Å². The number of carbonyl (C=O) groups is 1. The molecule has 0 heterocycles. The lowest BCUT2D eigenvalue weighted by molar-refractivity contribution is -0.115. The summed E-state index contributed by atoms with van der Waals surface area (Å²) in [7, 11) is 0. The van der Waals surface area contributed by atoms with Crippen LogP contribution in [0.2, 0.25) is 0 Å². The van der Waals surface area contributed by atoms with Gasteiger partial charge in [0.25, 0.3) is 0 Å². The van der Waals surface area contributed by atoms with E-state index in [1.165, 1.54) is 4.91 Å². The van der Waals surface area contributed by atoms with E-state index >= 15 is 0 Å². The second kappa shape index (κ2) is 3.24. The second-order valence-electron chi connectivity index (χ2n) is 2.53. The number of Topliss-reactive ketones (excluding diaryl/α,β-unsaturated/α-hetero) is 1. The molecule has 0 saturated heterocycles. The maximum atomic E-state index is 11.1. The first-order valence-corrected chi connectivity index (χ1v) is 4.75. The Balaban J connectivity index is 2.82. The minimum Gasteiger partial charge on any atom is -0.295 e. The number of hydrogen-bond acceptors (Lipinski definition) is 2. The molecule has 1 nitrogen and oxygen atoms in total. The molecular formula is C8H12OS. The molecule has 0 aliphatic heterocycles. The van der Waals surface area contributed by atoms with Crippen molar-refractivity contribution in [1.29, 1.82) is 0 Å². The maximum absolute atomic E-state index is 11.1. The Hall–Kier alpha value is -0.240. The van der Waals surface area contributed by atoms with Gasteiger partial charge in [0.05, 0.1) is 0 Å². The second-order valence-corrected chi connectivity index (χ2v) is 3.43. The van der Waals surface area contributed by atoms with Gasteiger partial charge in [-0.1, -0.05) is 0 Å². The van der Waals surface area contributed by atoms with Crippen molar-refractivity contribution in [2.45, 2.75) is 26.2 Å². The molecule has 0 N–H and O–H groups in total. The van der Waals surface area contributed by atoms with Crippen molar-refractivity contribution in [2.24, 2.45) is 0 Å².